The Morgan fingerprint density at radius 1 is 0.640 bits per heavy atom. The molecule has 0 N–H and O–H groups in total. The quantitative estimate of drug-likeness (QED) is 0.121. The van der Waals surface area contributed by atoms with Crippen molar-refractivity contribution < 1.29 is 13.1 Å². The molecule has 0 bridgehead atoms. The average Bonchev–Trinajstić information content (AvgIpc) is 3.48. The van der Waals surface area contributed by atoms with E-state index in [2.05, 4.69) is 151 Å². The summed E-state index contributed by atoms with van der Waals surface area (Å²) in [5.41, 5.74) is 13.6. The lowest BCUT2D eigenvalue weighted by Crippen LogP contribution is -2.37. The number of hydrogen-bond acceptors (Lipinski definition) is 1. The van der Waals surface area contributed by atoms with Crippen LogP contribution in [0, 0.1) is 13.8 Å². The lowest BCUT2D eigenvalue weighted by Gasteiger charge is -2.23. The fourth-order valence-electron chi connectivity index (χ4n) is 7.41. The molecule has 0 spiro atoms. The van der Waals surface area contributed by atoms with Gasteiger partial charge in [-0.3, -0.25) is 0 Å². The lowest BCUT2D eigenvalue weighted by atomic mass is 9.81. The van der Waals surface area contributed by atoms with Crippen molar-refractivity contribution in [2.45, 2.75) is 72.9 Å². The van der Waals surface area contributed by atoms with Crippen LogP contribution in [0.15, 0.2) is 114 Å². The van der Waals surface area contributed by atoms with Crippen molar-refractivity contribution in [1.82, 2.24) is 0 Å². The van der Waals surface area contributed by atoms with Gasteiger partial charge in [0.15, 0.2) is 6.20 Å². The maximum Gasteiger partial charge on any atom is 0.216 e. The topological polar surface area (TPSA) is 17.0 Å². The van der Waals surface area contributed by atoms with Crippen LogP contribution < -0.4 is 9.75 Å². The largest absolute Gasteiger partial charge is 0.455 e. The van der Waals surface area contributed by atoms with E-state index in [1.165, 1.54) is 10.8 Å². The van der Waals surface area contributed by atoms with E-state index in [0.717, 1.165) is 77.7 Å². The Balaban J connectivity index is 1.46. The zero-order valence-corrected chi connectivity index (χ0v) is 31.9. The number of rotatable bonds is 7. The third-order valence-corrected chi connectivity index (χ3v) is 12.3. The first-order valence-electron chi connectivity index (χ1n) is 19.4. The summed E-state index contributed by atoms with van der Waals surface area (Å²) in [7, 11) is 0.549. The molecular formula is C47H50NOSi+. The minimum Gasteiger partial charge on any atom is -0.455 e. The van der Waals surface area contributed by atoms with Gasteiger partial charge in [-0.2, -0.15) is 0 Å². The number of aromatic nitrogens is 1. The smallest absolute Gasteiger partial charge is 0.216 e. The molecule has 252 valence electrons. The molecule has 0 fully saturated rings. The van der Waals surface area contributed by atoms with Crippen LogP contribution in [0.3, 0.4) is 0 Å². The molecule has 0 saturated carbocycles. The molecule has 0 aliphatic rings. The zero-order chi connectivity index (χ0) is 38.0. The molecule has 0 saturated heterocycles. The Bertz CT molecular complexity index is 2460. The Kier molecular flexibility index (Phi) is 7.75. The van der Waals surface area contributed by atoms with E-state index in [1.54, 1.807) is 0 Å². The van der Waals surface area contributed by atoms with Crippen molar-refractivity contribution in [2.24, 2.45) is 7.05 Å². The molecule has 0 aliphatic heterocycles. The van der Waals surface area contributed by atoms with Crippen molar-refractivity contribution in [3.8, 4) is 44.6 Å². The maximum atomic E-state index is 8.75. The molecule has 50 heavy (non-hydrogen) atoms. The van der Waals surface area contributed by atoms with E-state index in [1.807, 2.05) is 23.9 Å². The van der Waals surface area contributed by atoms with Crippen molar-refractivity contribution in [2.75, 3.05) is 0 Å². The Morgan fingerprint density at radius 3 is 1.88 bits per heavy atom. The monoisotopic (exact) mass is 675 g/mol. The van der Waals surface area contributed by atoms with E-state index in [9.17, 15) is 0 Å². The highest BCUT2D eigenvalue weighted by molar-refractivity contribution is 6.88. The van der Waals surface area contributed by atoms with Gasteiger partial charge in [-0.25, -0.2) is 4.57 Å². The van der Waals surface area contributed by atoms with Gasteiger partial charge in [-0.15, -0.1) is 0 Å². The van der Waals surface area contributed by atoms with E-state index in [-0.39, 0.29) is 11.8 Å². The van der Waals surface area contributed by atoms with Crippen LogP contribution in [-0.2, 0) is 7.05 Å². The number of aryl methyl sites for hydroxylation is 3. The van der Waals surface area contributed by atoms with Gasteiger partial charge in [0.25, 0.3) is 0 Å². The molecule has 7 aromatic rings. The summed E-state index contributed by atoms with van der Waals surface area (Å²) in [6.45, 7) is 15.7. The highest BCUT2D eigenvalue weighted by Crippen LogP contribution is 2.43. The van der Waals surface area contributed by atoms with Crippen molar-refractivity contribution in [1.29, 1.82) is 0 Å². The van der Waals surface area contributed by atoms with E-state index >= 15 is 0 Å². The molecule has 7 rings (SSSR count). The van der Waals surface area contributed by atoms with Crippen LogP contribution in [0.5, 0.6) is 0 Å². The zero-order valence-electron chi connectivity index (χ0n) is 33.9. The molecule has 2 heterocycles. The Morgan fingerprint density at radius 2 is 1.26 bits per heavy atom. The first-order valence-corrected chi connectivity index (χ1v) is 21.4. The van der Waals surface area contributed by atoms with Crippen LogP contribution in [0.4, 0.5) is 0 Å². The van der Waals surface area contributed by atoms with E-state index in [4.69, 9.17) is 8.53 Å². The molecule has 0 aliphatic carbocycles. The van der Waals surface area contributed by atoms with Crippen LogP contribution in [0.2, 0.25) is 19.6 Å². The summed E-state index contributed by atoms with van der Waals surface area (Å²) in [5.74, 6) is 0.323. The van der Waals surface area contributed by atoms with Crippen molar-refractivity contribution >= 4 is 35.2 Å². The number of furan rings is 1. The summed E-state index contributed by atoms with van der Waals surface area (Å²) in [6.07, 6.45) is 1.82. The SMILES string of the molecule is [2H]C([2H])([2H])c1c[n+](C)c(-c2c(C)ccc3c2oc2cc(-c4ccc([Si](C)(C)C)cc4)ccc23)cc1-c1c(C(C)C)cc(-c2ccccc2)cc1C(C)C. The number of benzene rings is 5. The highest BCUT2D eigenvalue weighted by Gasteiger charge is 2.26. The predicted octanol–water partition coefficient (Wildman–Crippen LogP) is 12.5. The number of hydrogen-bond donors (Lipinski definition) is 0. The van der Waals surface area contributed by atoms with E-state index in [0.29, 0.717) is 5.56 Å². The average molecular weight is 676 g/mol. The fraction of sp³-hybridized carbons (Fsp3) is 0.255. The van der Waals surface area contributed by atoms with Gasteiger partial charge in [0, 0.05) is 26.5 Å². The molecule has 0 unspecified atom stereocenters. The third kappa shape index (κ3) is 6.02. The minimum atomic E-state index is -2.32. The molecule has 0 radical (unpaired) electrons. The molecule has 2 aromatic heterocycles. The summed E-state index contributed by atoms with van der Waals surface area (Å²) < 4.78 is 35.0. The first-order chi connectivity index (χ1) is 25.0. The second-order valence-electron chi connectivity index (χ2n) is 15.6. The number of fused-ring (bicyclic) bond motifs is 3. The van der Waals surface area contributed by atoms with E-state index < -0.39 is 14.9 Å². The van der Waals surface area contributed by atoms with Gasteiger partial charge >= 0.3 is 0 Å². The van der Waals surface area contributed by atoms with Gasteiger partial charge in [0.05, 0.1) is 13.6 Å². The molecule has 3 heteroatoms. The van der Waals surface area contributed by atoms with Gasteiger partial charge in [-0.1, -0.05) is 137 Å². The fourth-order valence-corrected chi connectivity index (χ4v) is 8.58. The molecule has 5 aromatic carbocycles. The lowest BCUT2D eigenvalue weighted by molar-refractivity contribution is -0.660. The second-order valence-corrected chi connectivity index (χ2v) is 20.7. The Labute approximate surface area is 303 Å². The Hall–Kier alpha value is -4.73. The number of nitrogens with zero attached hydrogens (tertiary/aromatic N) is 1. The highest BCUT2D eigenvalue weighted by atomic mass is 28.3. The molecule has 0 atom stereocenters. The van der Waals surface area contributed by atoms with Crippen LogP contribution in [0.25, 0.3) is 66.6 Å². The summed E-state index contributed by atoms with van der Waals surface area (Å²) in [5, 5.41) is 3.54. The van der Waals surface area contributed by atoms with Gasteiger partial charge in [0.1, 0.15) is 18.2 Å². The third-order valence-electron chi connectivity index (χ3n) is 10.3. The van der Waals surface area contributed by atoms with Crippen molar-refractivity contribution in [3.05, 3.63) is 132 Å². The van der Waals surface area contributed by atoms with Crippen LogP contribution in [-0.4, -0.2) is 8.07 Å². The molecule has 0 amide bonds. The first kappa shape index (κ1) is 30.1. The van der Waals surface area contributed by atoms with Crippen molar-refractivity contribution in [3.63, 3.8) is 0 Å². The van der Waals surface area contributed by atoms with Gasteiger partial charge in [-0.05, 0) is 87.8 Å². The standard InChI is InChI=1S/C47H50NOSi/c1-29(2)40-24-36(33-14-12-11-13-15-33)25-41(30(3)4)46(40)42-27-43(48(7)28-32(42)6)45-31(5)16-22-39-38-23-19-35(26-44(38)49-47(39)45)34-17-20-37(21-18-34)50(8,9)10/h11-30H,1-10H3/q+1/i6D3. The van der Waals surface area contributed by atoms with Crippen LogP contribution in [0.1, 0.15) is 65.9 Å². The number of pyridine rings is 1. The summed E-state index contributed by atoms with van der Waals surface area (Å²) in [4.78, 5) is 0. The van der Waals surface area contributed by atoms with Gasteiger partial charge in [0.2, 0.25) is 5.69 Å². The molecule has 2 nitrogen and oxygen atoms in total. The van der Waals surface area contributed by atoms with Gasteiger partial charge < -0.3 is 4.42 Å². The summed E-state index contributed by atoms with van der Waals surface area (Å²) >= 11 is 0. The second kappa shape index (κ2) is 12.9. The van der Waals surface area contributed by atoms with Crippen LogP contribution >= 0.6 is 0 Å². The molecular weight excluding hydrogens is 623 g/mol. The normalized spacial score (nSPS) is 13.3. The summed E-state index contributed by atoms with van der Waals surface area (Å²) in [6, 6.07) is 36.9. The predicted molar refractivity (Wildman–Crippen MR) is 217 cm³/mol. The minimum absolute atomic E-state index is 0.162. The maximum absolute atomic E-state index is 8.75.